The third-order valence-corrected chi connectivity index (χ3v) is 29.5. The Bertz CT molecular complexity index is 6630. The monoisotopic (exact) mass is 2150 g/mol. The number of carbonyl (C=O) groups excluding carboxylic acids is 1. The van der Waals surface area contributed by atoms with Gasteiger partial charge in [-0.15, -0.1) is 0 Å². The molecule has 140 heavy (non-hydrogen) atoms. The van der Waals surface area contributed by atoms with E-state index in [-0.39, 0.29) is 86.7 Å². The first-order valence-electron chi connectivity index (χ1n) is 48.2. The van der Waals surface area contributed by atoms with E-state index in [0.29, 0.717) is 77.7 Å². The lowest BCUT2D eigenvalue weighted by molar-refractivity contribution is -0.146. The zero-order chi connectivity index (χ0) is 100. The number of alkyl halides is 9. The number of aliphatic carboxylic acids is 1. The Labute approximate surface area is 837 Å². The lowest BCUT2D eigenvalue weighted by atomic mass is 9.78. The molecule has 18 nitrogen and oxygen atoms in total. The molecule has 29 heteroatoms. The van der Waals surface area contributed by atoms with Gasteiger partial charge >= 0.3 is 24.5 Å². The molecule has 6 fully saturated rings. The maximum Gasteiger partial charge on any atom is 0.420 e. The molecular formula is C111H119F9I2N8O10. The maximum absolute atomic E-state index is 14.2. The predicted molar refractivity (Wildman–Crippen MR) is 547 cm³/mol. The number of hydrogen-bond acceptors (Lipinski definition) is 17. The number of phenolic OH excluding ortho intramolecular Hbond substituents is 2. The maximum atomic E-state index is 14.2. The van der Waals surface area contributed by atoms with E-state index >= 15 is 0 Å². The molecule has 9 heterocycles. The first kappa shape index (κ1) is 105. The fourth-order valence-electron chi connectivity index (χ4n) is 19.4. The van der Waals surface area contributed by atoms with Gasteiger partial charge in [-0.05, 0) is 390 Å². The molecule has 20 rings (SSSR count). The highest BCUT2D eigenvalue weighted by atomic mass is 127. The number of carboxylic acid groups (broad SMARTS) is 1. The van der Waals surface area contributed by atoms with Crippen LogP contribution in [-0.2, 0) is 29.9 Å². The Kier molecular flexibility index (Phi) is 35.0. The van der Waals surface area contributed by atoms with Crippen LogP contribution in [0.25, 0.3) is 76.3 Å². The molecule has 740 valence electrons. The van der Waals surface area contributed by atoms with E-state index in [0.717, 1.165) is 178 Å². The van der Waals surface area contributed by atoms with E-state index in [9.17, 15) is 64.4 Å². The zero-order valence-electron chi connectivity index (χ0n) is 80.2. The fourth-order valence-corrected chi connectivity index (χ4v) is 20.8. The van der Waals surface area contributed by atoms with E-state index in [1.165, 1.54) is 83.2 Å². The van der Waals surface area contributed by atoms with Crippen molar-refractivity contribution in [2.24, 2.45) is 29.6 Å². The van der Waals surface area contributed by atoms with Crippen LogP contribution in [0.4, 0.5) is 39.5 Å². The minimum atomic E-state index is -4.55. The normalized spacial score (nSPS) is 20.9. The number of halogens is 11. The fraction of sp³-hybridized carbons (Fsp3) is 0.414. The molecule has 0 amide bonds. The number of aryl methyl sites for hydroxylation is 5. The van der Waals surface area contributed by atoms with Crippen molar-refractivity contribution < 1.29 is 88.1 Å². The van der Waals surface area contributed by atoms with Crippen molar-refractivity contribution in [1.29, 1.82) is 0 Å². The van der Waals surface area contributed by atoms with Gasteiger partial charge in [0, 0.05) is 84.8 Å². The minimum absolute atomic E-state index is 0.0465. The molecule has 6 aliphatic rings. The quantitative estimate of drug-likeness (QED) is 0.0553. The number of benzene rings is 7. The number of piperidine rings is 2. The number of aromatic nitrogens is 7. The Morgan fingerprint density at radius 3 is 1.14 bits per heavy atom. The molecule has 2 unspecified atom stereocenters. The van der Waals surface area contributed by atoms with E-state index < -0.39 is 41.2 Å². The molecule has 4 aliphatic carbocycles. The highest BCUT2D eigenvalue weighted by molar-refractivity contribution is 14.1. The topological polar surface area (TPSA) is 234 Å². The lowest BCUT2D eigenvalue weighted by Gasteiger charge is -2.48. The molecule has 14 aromatic rings. The van der Waals surface area contributed by atoms with Crippen LogP contribution in [0, 0.1) is 71.3 Å². The van der Waals surface area contributed by atoms with Gasteiger partial charge in [0.1, 0.15) is 62.6 Å². The van der Waals surface area contributed by atoms with Crippen molar-refractivity contribution in [1.82, 2.24) is 39.8 Å². The highest BCUT2D eigenvalue weighted by Crippen LogP contribution is 2.48. The van der Waals surface area contributed by atoms with Gasteiger partial charge in [0.05, 0.1) is 88.9 Å². The minimum Gasteiger partial charge on any atom is -0.508 e. The largest absolute Gasteiger partial charge is 0.508 e. The first-order chi connectivity index (χ1) is 66.8. The summed E-state index contributed by atoms with van der Waals surface area (Å²) >= 11 is 4.51. The van der Waals surface area contributed by atoms with Crippen molar-refractivity contribution in [3.8, 4) is 40.2 Å². The number of fused-ring (bicyclic) bond motifs is 9. The van der Waals surface area contributed by atoms with Crippen LogP contribution < -0.4 is 23.7 Å². The first-order valence-corrected chi connectivity index (χ1v) is 50.3. The second-order valence-corrected chi connectivity index (χ2v) is 40.3. The number of pyridine rings is 7. The molecular weight excluding hydrogens is 2030 g/mol. The van der Waals surface area contributed by atoms with Gasteiger partial charge in [-0.2, -0.15) is 39.5 Å². The Balaban J connectivity index is 0.000000134. The summed E-state index contributed by atoms with van der Waals surface area (Å²) in [5.41, 5.74) is 8.05. The Morgan fingerprint density at radius 2 is 0.721 bits per heavy atom. The highest BCUT2D eigenvalue weighted by Gasteiger charge is 2.44. The number of ether oxygens (including phenoxy) is 5. The van der Waals surface area contributed by atoms with Crippen LogP contribution in [0.2, 0.25) is 0 Å². The summed E-state index contributed by atoms with van der Waals surface area (Å²) in [5, 5.41) is 32.5. The molecule has 7 aromatic heterocycles. The van der Waals surface area contributed by atoms with E-state index in [1.54, 1.807) is 56.5 Å². The van der Waals surface area contributed by atoms with Gasteiger partial charge in [0.25, 0.3) is 0 Å². The van der Waals surface area contributed by atoms with Gasteiger partial charge in [-0.3, -0.25) is 44.4 Å². The summed E-state index contributed by atoms with van der Waals surface area (Å²) in [6, 6.07) is 52.9. The van der Waals surface area contributed by atoms with Crippen LogP contribution >= 0.6 is 45.2 Å². The number of phenols is 2. The molecule has 3 N–H and O–H groups in total. The molecule has 2 bridgehead atoms. The third kappa shape index (κ3) is 27.4. The molecule has 2 saturated heterocycles. The van der Waals surface area contributed by atoms with Gasteiger partial charge in [-0.1, -0.05) is 58.4 Å². The van der Waals surface area contributed by atoms with E-state index in [2.05, 4.69) is 143 Å². The Morgan fingerprint density at radius 1 is 0.386 bits per heavy atom. The molecule has 7 aromatic carbocycles. The standard InChI is InChI=1S/C27H33F3N2O3.C18H18F3NO2.C18H20F3NO.C17H20INO.C11H11NO.C10H8INO.C10H9NO/c1-16-5-8-21(9-6-16)35-24-12-11-23-22(25(24)27(28,29)30)10-7-18(31-23)15-32-19-3-2-4-20(32)14-17(13-19)26(33)34;1-11-2-5-13(6-3-11)24-16-9-8-15-14(17(16)18(19,20)21)7-4-12(10-23)22-15;1-11-3-6-13(7-4-11)23-16-10-9-15-14(8-5-12(2)22-15)17(16)18(19,20)21;1-11-3-6-13(7-4-11)20-16-10-9-15-14(17(16)18)8-5-12(2)19-15;1-8-3-4-9-7-10(13-2)5-6-11(9)12-8;1-6-2-3-7-8(12-6)4-5-9(13)10(7)11;1-7-2-3-8-6-9(12)4-5-10(8)11-7/h7,10-12,16-17,19-21H,2-6,8-9,13-15H2,1H3,(H,33,34);4,7-11,13H,2-3,5-6H2,1H3;5,8-11,13H,3-4,6-7H2,1-2H3;5,8-11,13H,3-4,6-7H2,1-2H3;3-7H,1-2H3;2-5,13H,1H3;2-6,12H,1H3. The molecule has 2 aliphatic heterocycles. The summed E-state index contributed by atoms with van der Waals surface area (Å²) < 4.78 is 155. The number of nitrogens with zero attached hydrogens (tertiary/aromatic N) is 8. The van der Waals surface area contributed by atoms with E-state index in [1.807, 2.05) is 88.4 Å². The number of methoxy groups -OCH3 is 1. The van der Waals surface area contributed by atoms with Crippen molar-refractivity contribution in [3.63, 3.8) is 0 Å². The number of aromatic hydroxyl groups is 2. The number of aldehydes is 1. The second-order valence-electron chi connectivity index (χ2n) is 38.2. The number of carbonyl (C=O) groups is 2. The summed E-state index contributed by atoms with van der Waals surface area (Å²) in [6.07, 6.45) is 6.54. The molecule has 0 spiro atoms. The smallest absolute Gasteiger partial charge is 0.420 e. The van der Waals surface area contributed by atoms with Crippen molar-refractivity contribution in [3.05, 3.63) is 246 Å². The lowest BCUT2D eigenvalue weighted by Crippen LogP contribution is -2.52. The van der Waals surface area contributed by atoms with Gasteiger partial charge in [0.15, 0.2) is 6.29 Å². The second kappa shape index (κ2) is 46.8. The van der Waals surface area contributed by atoms with Crippen LogP contribution in [-0.4, -0.2) is 111 Å². The third-order valence-electron chi connectivity index (χ3n) is 27.2. The summed E-state index contributed by atoms with van der Waals surface area (Å²) in [5.74, 6) is 3.78. The summed E-state index contributed by atoms with van der Waals surface area (Å²) in [7, 11) is 1.67. The molecule has 0 radical (unpaired) electrons. The summed E-state index contributed by atoms with van der Waals surface area (Å²) in [6.45, 7) is 19.0. The van der Waals surface area contributed by atoms with Crippen LogP contribution in [0.3, 0.4) is 0 Å². The van der Waals surface area contributed by atoms with Crippen molar-refractivity contribution >= 4 is 134 Å². The van der Waals surface area contributed by atoms with Crippen LogP contribution in [0.15, 0.2) is 182 Å². The number of rotatable bonds is 13. The van der Waals surface area contributed by atoms with E-state index in [4.69, 9.17) is 23.7 Å². The van der Waals surface area contributed by atoms with Gasteiger partial charge < -0.3 is 39.0 Å². The zero-order valence-corrected chi connectivity index (χ0v) is 84.6. The van der Waals surface area contributed by atoms with Crippen molar-refractivity contribution in [2.45, 2.75) is 259 Å². The number of hydrogen-bond donors (Lipinski definition) is 3. The molecule has 4 saturated carbocycles. The van der Waals surface area contributed by atoms with Gasteiger partial charge in [0.2, 0.25) is 0 Å². The SMILES string of the molecule is CC1CCC(Oc2ccc3nc(C=O)ccc3c2C(F)(F)F)CC1.CC1CCC(Oc2ccc3nc(CN4C5CCCC4CC(C(=O)O)C5)ccc3c2C(F)(F)F)CC1.COc1ccc2nc(C)ccc2c1.Cc1ccc2c(C(F)(F)F)c(OC3CCC(C)CC3)ccc2n1.Cc1ccc2c(I)c(O)ccc2n1.Cc1ccc2c(I)c(OC3CCC(C)CC3)ccc2n1.Cc1ccc2cc(O)ccc2n1. The van der Waals surface area contributed by atoms with Crippen molar-refractivity contribution in [2.75, 3.05) is 7.11 Å². The Hall–Kier alpha value is -11.1. The average molecular weight is 2150 g/mol. The summed E-state index contributed by atoms with van der Waals surface area (Å²) in [4.78, 5) is 55.0. The molecule has 2 atom stereocenters. The average Bonchev–Trinajstić information content (AvgIpc) is 0.699. The predicted octanol–water partition coefficient (Wildman–Crippen LogP) is 29.7. The van der Waals surface area contributed by atoms with Gasteiger partial charge in [-0.25, -0.2) is 4.98 Å². The van der Waals surface area contributed by atoms with Crippen LogP contribution in [0.1, 0.15) is 224 Å². The number of carboxylic acids is 1. The van der Waals surface area contributed by atoms with Crippen LogP contribution in [0.5, 0.6) is 40.2 Å².